The van der Waals surface area contributed by atoms with Crippen LogP contribution < -0.4 is 0 Å². The van der Waals surface area contributed by atoms with Crippen LogP contribution in [-0.4, -0.2) is 19.1 Å². The van der Waals surface area contributed by atoms with Crippen LogP contribution in [0.1, 0.15) is 27.2 Å². The molecule has 0 heterocycles. The van der Waals surface area contributed by atoms with E-state index in [0.717, 1.165) is 13.0 Å². The van der Waals surface area contributed by atoms with Crippen molar-refractivity contribution in [3.8, 4) is 0 Å². The van der Waals surface area contributed by atoms with Crippen LogP contribution in [0.25, 0.3) is 0 Å². The molecule has 1 atom stereocenters. The van der Waals surface area contributed by atoms with Crippen LogP contribution in [0.4, 0.5) is 0 Å². The summed E-state index contributed by atoms with van der Waals surface area (Å²) in [6, 6.07) is 0. The van der Waals surface area contributed by atoms with Gasteiger partial charge in [0.1, 0.15) is 0 Å². The van der Waals surface area contributed by atoms with Gasteiger partial charge in [-0.15, -0.1) is 11.6 Å². The van der Waals surface area contributed by atoms with Crippen molar-refractivity contribution >= 4 is 11.6 Å². The Labute approximate surface area is 68.7 Å². The van der Waals surface area contributed by atoms with Gasteiger partial charge < -0.3 is 4.74 Å². The minimum Gasteiger partial charge on any atom is -0.385 e. The third-order valence-electron chi connectivity index (χ3n) is 1.52. The highest BCUT2D eigenvalue weighted by atomic mass is 35.5. The number of hydrogen-bond donors (Lipinski definition) is 0. The molecule has 0 aromatic carbocycles. The fraction of sp³-hybridized carbons (Fsp3) is 1.00. The Morgan fingerprint density at radius 2 is 1.90 bits per heavy atom. The third-order valence-corrected chi connectivity index (χ3v) is 2.39. The molecule has 10 heavy (non-hydrogen) atoms. The van der Waals surface area contributed by atoms with E-state index in [9.17, 15) is 0 Å². The van der Waals surface area contributed by atoms with Crippen LogP contribution >= 0.6 is 11.6 Å². The lowest BCUT2D eigenvalue weighted by Gasteiger charge is -2.24. The standard InChI is InChI=1S/C8H17ClO/c1-8(2,3)7(9)5-6-10-4/h7H,5-6H2,1-4H3. The summed E-state index contributed by atoms with van der Waals surface area (Å²) < 4.78 is 4.92. The largest absolute Gasteiger partial charge is 0.385 e. The van der Waals surface area contributed by atoms with Crippen molar-refractivity contribution < 1.29 is 4.74 Å². The molecule has 0 saturated carbocycles. The second-order valence-electron chi connectivity index (χ2n) is 3.62. The molecule has 0 aromatic rings. The fourth-order valence-corrected chi connectivity index (χ4v) is 0.743. The van der Waals surface area contributed by atoms with Gasteiger partial charge in [-0.25, -0.2) is 0 Å². The maximum atomic E-state index is 6.06. The molecule has 0 spiro atoms. The molecule has 0 aromatic heterocycles. The van der Waals surface area contributed by atoms with Gasteiger partial charge in [0.25, 0.3) is 0 Å². The Hall–Kier alpha value is 0.250. The van der Waals surface area contributed by atoms with Gasteiger partial charge in [-0.05, 0) is 11.8 Å². The predicted molar refractivity (Wildman–Crippen MR) is 45.6 cm³/mol. The summed E-state index contributed by atoms with van der Waals surface area (Å²) in [6.07, 6.45) is 0.932. The molecule has 62 valence electrons. The number of rotatable bonds is 3. The van der Waals surface area contributed by atoms with Crippen molar-refractivity contribution in [2.75, 3.05) is 13.7 Å². The van der Waals surface area contributed by atoms with E-state index >= 15 is 0 Å². The quantitative estimate of drug-likeness (QED) is 0.583. The molecule has 0 amide bonds. The van der Waals surface area contributed by atoms with E-state index in [0.29, 0.717) is 0 Å². The van der Waals surface area contributed by atoms with Gasteiger partial charge in [0.15, 0.2) is 0 Å². The third kappa shape index (κ3) is 4.13. The van der Waals surface area contributed by atoms with E-state index in [4.69, 9.17) is 16.3 Å². The van der Waals surface area contributed by atoms with Crippen molar-refractivity contribution in [1.29, 1.82) is 0 Å². The summed E-state index contributed by atoms with van der Waals surface area (Å²) in [5.41, 5.74) is 0.195. The van der Waals surface area contributed by atoms with E-state index in [1.807, 2.05) is 0 Å². The molecule has 0 N–H and O–H groups in total. The van der Waals surface area contributed by atoms with Gasteiger partial charge in [-0.3, -0.25) is 0 Å². The lowest BCUT2D eigenvalue weighted by Crippen LogP contribution is -2.21. The SMILES string of the molecule is COCCC(Cl)C(C)(C)C. The van der Waals surface area contributed by atoms with Crippen molar-refractivity contribution in [2.24, 2.45) is 5.41 Å². The molecule has 0 aliphatic heterocycles. The fourth-order valence-electron chi connectivity index (χ4n) is 0.654. The Morgan fingerprint density at radius 1 is 1.40 bits per heavy atom. The smallest absolute Gasteiger partial charge is 0.0476 e. The minimum absolute atomic E-state index is 0.195. The molecule has 0 aliphatic rings. The normalized spacial score (nSPS) is 15.3. The van der Waals surface area contributed by atoms with Gasteiger partial charge in [0.05, 0.1) is 0 Å². The summed E-state index contributed by atoms with van der Waals surface area (Å²) >= 11 is 6.06. The van der Waals surface area contributed by atoms with Gasteiger partial charge in [-0.1, -0.05) is 20.8 Å². The zero-order valence-electron chi connectivity index (χ0n) is 7.28. The maximum absolute atomic E-state index is 6.06. The minimum atomic E-state index is 0.195. The number of alkyl halides is 1. The van der Waals surface area contributed by atoms with Gasteiger partial charge in [-0.2, -0.15) is 0 Å². The first kappa shape index (κ1) is 10.2. The van der Waals surface area contributed by atoms with Crippen LogP contribution in [0.15, 0.2) is 0 Å². The number of hydrogen-bond acceptors (Lipinski definition) is 1. The lowest BCUT2D eigenvalue weighted by molar-refractivity contribution is 0.181. The first-order chi connectivity index (χ1) is 4.48. The van der Waals surface area contributed by atoms with Crippen LogP contribution in [-0.2, 0) is 4.74 Å². The molecule has 0 aliphatic carbocycles. The number of methoxy groups -OCH3 is 1. The number of halogens is 1. The molecular formula is C8H17ClO. The first-order valence-corrected chi connectivity index (χ1v) is 4.05. The summed E-state index contributed by atoms with van der Waals surface area (Å²) in [7, 11) is 1.70. The Morgan fingerprint density at radius 3 is 2.20 bits per heavy atom. The second kappa shape index (κ2) is 4.20. The summed E-state index contributed by atoms with van der Waals surface area (Å²) in [5.74, 6) is 0. The number of ether oxygens (including phenoxy) is 1. The molecule has 2 heteroatoms. The van der Waals surface area contributed by atoms with E-state index in [-0.39, 0.29) is 10.8 Å². The van der Waals surface area contributed by atoms with Crippen LogP contribution in [0.5, 0.6) is 0 Å². The molecule has 0 radical (unpaired) electrons. The highest BCUT2D eigenvalue weighted by Gasteiger charge is 2.21. The zero-order chi connectivity index (χ0) is 8.20. The van der Waals surface area contributed by atoms with Crippen molar-refractivity contribution in [1.82, 2.24) is 0 Å². The second-order valence-corrected chi connectivity index (χ2v) is 4.14. The highest BCUT2D eigenvalue weighted by Crippen LogP contribution is 2.26. The maximum Gasteiger partial charge on any atom is 0.0476 e. The predicted octanol–water partition coefficient (Wildman–Crippen LogP) is 2.68. The van der Waals surface area contributed by atoms with E-state index < -0.39 is 0 Å². The molecule has 1 nitrogen and oxygen atoms in total. The highest BCUT2D eigenvalue weighted by molar-refractivity contribution is 6.21. The average molecular weight is 165 g/mol. The molecule has 0 bridgehead atoms. The van der Waals surface area contributed by atoms with E-state index in [1.54, 1.807) is 7.11 Å². The van der Waals surface area contributed by atoms with Crippen LogP contribution in [0, 0.1) is 5.41 Å². The average Bonchev–Trinajstić information content (AvgIpc) is 1.80. The lowest BCUT2D eigenvalue weighted by atomic mass is 9.90. The molecular weight excluding hydrogens is 148 g/mol. The van der Waals surface area contributed by atoms with Gasteiger partial charge >= 0.3 is 0 Å². The van der Waals surface area contributed by atoms with Crippen molar-refractivity contribution in [3.05, 3.63) is 0 Å². The molecule has 0 fully saturated rings. The summed E-state index contributed by atoms with van der Waals surface area (Å²) in [5, 5.41) is 0.215. The summed E-state index contributed by atoms with van der Waals surface area (Å²) in [6.45, 7) is 7.17. The zero-order valence-corrected chi connectivity index (χ0v) is 8.03. The van der Waals surface area contributed by atoms with Gasteiger partial charge in [0, 0.05) is 19.1 Å². The Kier molecular flexibility index (Phi) is 4.30. The molecule has 0 saturated heterocycles. The first-order valence-electron chi connectivity index (χ1n) is 3.61. The topological polar surface area (TPSA) is 9.23 Å². The van der Waals surface area contributed by atoms with Crippen molar-refractivity contribution in [2.45, 2.75) is 32.6 Å². The van der Waals surface area contributed by atoms with Crippen LogP contribution in [0.3, 0.4) is 0 Å². The molecule has 0 rings (SSSR count). The van der Waals surface area contributed by atoms with Crippen molar-refractivity contribution in [3.63, 3.8) is 0 Å². The Balaban J connectivity index is 3.52. The van der Waals surface area contributed by atoms with Crippen LogP contribution in [0.2, 0.25) is 0 Å². The Bertz CT molecular complexity index is 85.7. The molecule has 1 unspecified atom stereocenters. The van der Waals surface area contributed by atoms with Gasteiger partial charge in [0.2, 0.25) is 0 Å². The summed E-state index contributed by atoms with van der Waals surface area (Å²) in [4.78, 5) is 0. The van der Waals surface area contributed by atoms with E-state index in [2.05, 4.69) is 20.8 Å². The monoisotopic (exact) mass is 164 g/mol. The van der Waals surface area contributed by atoms with E-state index in [1.165, 1.54) is 0 Å².